The van der Waals surface area contributed by atoms with Crippen LogP contribution in [0.5, 0.6) is 11.5 Å². The van der Waals surface area contributed by atoms with Crippen LogP contribution in [0, 0.1) is 6.92 Å². The number of benzene rings is 2. The number of anilines is 1. The van der Waals surface area contributed by atoms with Gasteiger partial charge in [-0.05, 0) is 61.4 Å². The number of ether oxygens (including phenoxy) is 2. The second-order valence-electron chi connectivity index (χ2n) is 8.84. The van der Waals surface area contributed by atoms with Gasteiger partial charge in [-0.2, -0.15) is 0 Å². The number of carboxylic acid groups (broad SMARTS) is 4. The molecule has 3 rings (SSSR count). The molecule has 0 radical (unpaired) electrons. The van der Waals surface area contributed by atoms with E-state index in [1.807, 2.05) is 25.1 Å². The Morgan fingerprint density at radius 3 is 1.71 bits per heavy atom. The monoisotopic (exact) mass is 611 g/mol. The SMILES string of the molecule is COc1cc(C)c(CN2CCN(C(C)C(=O)Nc3ccc(Cl)cc3)CC2)cc1OC.O=C(O)C(=O)O.O=C(O)C(=O)O. The van der Waals surface area contributed by atoms with E-state index in [1.165, 1.54) is 11.1 Å². The number of halogens is 1. The summed E-state index contributed by atoms with van der Waals surface area (Å²) in [6, 6.07) is 11.1. The molecule has 230 valence electrons. The number of hydrogen-bond donors (Lipinski definition) is 5. The van der Waals surface area contributed by atoms with E-state index in [-0.39, 0.29) is 11.9 Å². The molecule has 0 spiro atoms. The van der Waals surface area contributed by atoms with Crippen LogP contribution in [0.1, 0.15) is 18.1 Å². The van der Waals surface area contributed by atoms with Crippen molar-refractivity contribution in [3.05, 3.63) is 52.5 Å². The molecule has 1 amide bonds. The van der Waals surface area contributed by atoms with Crippen LogP contribution in [0.25, 0.3) is 0 Å². The third-order valence-electron chi connectivity index (χ3n) is 6.05. The Kier molecular flexibility index (Phi) is 14.8. The van der Waals surface area contributed by atoms with Gasteiger partial charge in [-0.15, -0.1) is 0 Å². The lowest BCUT2D eigenvalue weighted by molar-refractivity contribution is -0.159. The third kappa shape index (κ3) is 12.0. The summed E-state index contributed by atoms with van der Waals surface area (Å²) in [7, 11) is 3.31. The minimum Gasteiger partial charge on any atom is -0.493 e. The molecule has 1 saturated heterocycles. The van der Waals surface area contributed by atoms with Crippen molar-refractivity contribution in [2.45, 2.75) is 26.4 Å². The van der Waals surface area contributed by atoms with Gasteiger partial charge in [0.05, 0.1) is 20.3 Å². The molecule has 5 N–H and O–H groups in total. The number of aryl methyl sites for hydroxylation is 1. The normalized spacial score (nSPS) is 13.6. The number of carbonyl (C=O) groups is 5. The summed E-state index contributed by atoms with van der Waals surface area (Å²) in [5, 5.41) is 33.2. The maximum absolute atomic E-state index is 12.6. The minimum absolute atomic E-state index is 0.00140. The summed E-state index contributed by atoms with van der Waals surface area (Å²) in [6.07, 6.45) is 0. The van der Waals surface area contributed by atoms with E-state index in [2.05, 4.69) is 28.1 Å². The first-order chi connectivity index (χ1) is 19.7. The predicted molar refractivity (Wildman–Crippen MR) is 151 cm³/mol. The average Bonchev–Trinajstić information content (AvgIpc) is 2.95. The van der Waals surface area contributed by atoms with E-state index >= 15 is 0 Å². The summed E-state index contributed by atoms with van der Waals surface area (Å²) in [6.45, 7) is 8.42. The van der Waals surface area contributed by atoms with Crippen LogP contribution in [-0.2, 0) is 30.5 Å². The standard InChI is InChI=1S/C23H30ClN3O3.2C2H2O4/c1-16-13-21(29-3)22(30-4)14-18(16)15-26-9-11-27(12-10-26)17(2)23(28)25-20-7-5-19(24)6-8-20;2*3-1(4)2(5)6/h5-8,13-14,17H,9-12,15H2,1-4H3,(H,25,28);2*(H,3,4)(H,5,6). The van der Waals surface area contributed by atoms with E-state index < -0.39 is 23.9 Å². The zero-order valence-electron chi connectivity index (χ0n) is 23.5. The number of piperazine rings is 1. The molecular weight excluding hydrogens is 578 g/mol. The van der Waals surface area contributed by atoms with Crippen molar-refractivity contribution in [3.63, 3.8) is 0 Å². The number of methoxy groups -OCH3 is 2. The Labute approximate surface area is 247 Å². The summed E-state index contributed by atoms with van der Waals surface area (Å²) in [5.41, 5.74) is 3.18. The van der Waals surface area contributed by atoms with Crippen LogP contribution in [0.3, 0.4) is 0 Å². The van der Waals surface area contributed by atoms with E-state index in [0.29, 0.717) is 5.02 Å². The van der Waals surface area contributed by atoms with E-state index in [1.54, 1.807) is 26.4 Å². The Balaban J connectivity index is 0.000000618. The van der Waals surface area contributed by atoms with Crippen molar-refractivity contribution in [1.29, 1.82) is 0 Å². The van der Waals surface area contributed by atoms with Crippen LogP contribution < -0.4 is 14.8 Å². The highest BCUT2D eigenvalue weighted by molar-refractivity contribution is 6.30. The molecule has 2 aromatic rings. The summed E-state index contributed by atoms with van der Waals surface area (Å²) >= 11 is 5.91. The molecular formula is C27H34ClN3O11. The quantitative estimate of drug-likeness (QED) is 0.285. The molecule has 1 aliphatic heterocycles. The largest absolute Gasteiger partial charge is 0.493 e. The highest BCUT2D eigenvalue weighted by Crippen LogP contribution is 2.31. The first-order valence-electron chi connectivity index (χ1n) is 12.4. The average molecular weight is 612 g/mol. The fourth-order valence-corrected chi connectivity index (χ4v) is 3.81. The van der Waals surface area contributed by atoms with Gasteiger partial charge in [-0.3, -0.25) is 14.6 Å². The molecule has 0 aliphatic carbocycles. The van der Waals surface area contributed by atoms with Crippen molar-refractivity contribution in [2.24, 2.45) is 0 Å². The summed E-state index contributed by atoms with van der Waals surface area (Å²) < 4.78 is 10.8. The molecule has 42 heavy (non-hydrogen) atoms. The van der Waals surface area contributed by atoms with Gasteiger partial charge in [0, 0.05) is 43.4 Å². The number of nitrogens with one attached hydrogen (secondary N) is 1. The van der Waals surface area contributed by atoms with E-state index in [4.69, 9.17) is 60.7 Å². The third-order valence-corrected chi connectivity index (χ3v) is 6.30. The number of rotatable bonds is 7. The van der Waals surface area contributed by atoms with Crippen molar-refractivity contribution in [1.82, 2.24) is 9.80 Å². The van der Waals surface area contributed by atoms with Crippen LogP contribution in [0.15, 0.2) is 36.4 Å². The molecule has 1 heterocycles. The summed E-state index contributed by atoms with van der Waals surface area (Å²) in [4.78, 5) is 53.7. The summed E-state index contributed by atoms with van der Waals surface area (Å²) in [5.74, 6) is -5.79. The van der Waals surface area contributed by atoms with Gasteiger partial charge in [0.25, 0.3) is 0 Å². The Morgan fingerprint density at radius 1 is 0.833 bits per heavy atom. The molecule has 1 fully saturated rings. The van der Waals surface area contributed by atoms with Gasteiger partial charge < -0.3 is 35.2 Å². The van der Waals surface area contributed by atoms with Crippen molar-refractivity contribution in [2.75, 3.05) is 45.7 Å². The number of aliphatic carboxylic acids is 4. The van der Waals surface area contributed by atoms with Gasteiger partial charge in [0.15, 0.2) is 11.5 Å². The van der Waals surface area contributed by atoms with Crippen LogP contribution in [0.4, 0.5) is 5.69 Å². The van der Waals surface area contributed by atoms with Crippen LogP contribution >= 0.6 is 11.6 Å². The first kappa shape index (κ1) is 35.6. The number of amides is 1. The second-order valence-corrected chi connectivity index (χ2v) is 9.27. The van der Waals surface area contributed by atoms with Crippen LogP contribution in [0.2, 0.25) is 5.02 Å². The predicted octanol–water partition coefficient (Wildman–Crippen LogP) is 2.12. The number of carboxylic acids is 4. The van der Waals surface area contributed by atoms with Crippen molar-refractivity contribution >= 4 is 47.1 Å². The Bertz CT molecular complexity index is 1200. The fraction of sp³-hybridized carbons (Fsp3) is 0.370. The lowest BCUT2D eigenvalue weighted by atomic mass is 10.1. The Hall–Kier alpha value is -4.40. The lowest BCUT2D eigenvalue weighted by Crippen LogP contribution is -2.52. The maximum Gasteiger partial charge on any atom is 0.414 e. The smallest absolute Gasteiger partial charge is 0.414 e. The van der Waals surface area contributed by atoms with Gasteiger partial charge in [-0.1, -0.05) is 11.6 Å². The van der Waals surface area contributed by atoms with Crippen molar-refractivity contribution < 1.29 is 53.9 Å². The van der Waals surface area contributed by atoms with Crippen molar-refractivity contribution in [3.8, 4) is 11.5 Å². The van der Waals surface area contributed by atoms with Crippen LogP contribution in [-0.4, -0.2) is 106 Å². The molecule has 0 bridgehead atoms. The topological polar surface area (TPSA) is 203 Å². The minimum atomic E-state index is -1.82. The van der Waals surface area contributed by atoms with E-state index in [0.717, 1.165) is 49.9 Å². The molecule has 2 aromatic carbocycles. The molecule has 0 saturated carbocycles. The van der Waals surface area contributed by atoms with Gasteiger partial charge in [0.1, 0.15) is 0 Å². The number of carbonyl (C=O) groups excluding carboxylic acids is 1. The molecule has 1 unspecified atom stereocenters. The number of hydrogen-bond acceptors (Lipinski definition) is 9. The molecule has 1 aliphatic rings. The zero-order chi connectivity index (χ0) is 32.0. The Morgan fingerprint density at radius 2 is 1.29 bits per heavy atom. The van der Waals surface area contributed by atoms with Gasteiger partial charge in [0.2, 0.25) is 5.91 Å². The maximum atomic E-state index is 12.6. The first-order valence-corrected chi connectivity index (χ1v) is 12.7. The molecule has 15 heteroatoms. The van der Waals surface area contributed by atoms with E-state index in [9.17, 15) is 4.79 Å². The fourth-order valence-electron chi connectivity index (χ4n) is 3.69. The van der Waals surface area contributed by atoms with Gasteiger partial charge >= 0.3 is 23.9 Å². The zero-order valence-corrected chi connectivity index (χ0v) is 24.3. The highest BCUT2D eigenvalue weighted by atomic mass is 35.5. The molecule has 1 atom stereocenters. The molecule has 14 nitrogen and oxygen atoms in total. The number of nitrogens with zero attached hydrogens (tertiary/aromatic N) is 2. The highest BCUT2D eigenvalue weighted by Gasteiger charge is 2.26. The lowest BCUT2D eigenvalue weighted by Gasteiger charge is -2.37. The molecule has 0 aromatic heterocycles. The van der Waals surface area contributed by atoms with Gasteiger partial charge in [-0.25, -0.2) is 19.2 Å². The second kappa shape index (κ2) is 17.4.